The molecule has 9 heteroatoms. The number of para-hydroxylation sites is 4. The Hall–Kier alpha value is -6.63. The minimum atomic E-state index is -0.638. The Morgan fingerprint density at radius 3 is 1.09 bits per heavy atom. The van der Waals surface area contributed by atoms with E-state index >= 15 is 0 Å². The van der Waals surface area contributed by atoms with Gasteiger partial charge in [-0.3, -0.25) is 9.97 Å². The molecule has 4 aromatic heterocycles. The molecule has 0 N–H and O–H groups in total. The molecule has 8 nitrogen and oxygen atoms in total. The smallest absolute Gasteiger partial charge is 0.484 e. The summed E-state index contributed by atoms with van der Waals surface area (Å²) in [7, 11) is 0. The SMILES string of the molecule is CC(C)(c1cccc(-c2[c-]cc(Oc3ccccc3)nc2Oc2ccccc2)n1)c1cccc(-c2[c-]cc(Oc3ccccc3)nc2Oc2ccccc2)n1.[Pt+2]. The van der Waals surface area contributed by atoms with Crippen molar-refractivity contribution >= 4 is 0 Å². The third kappa shape index (κ3) is 8.83. The molecule has 0 aliphatic carbocycles. The van der Waals surface area contributed by atoms with E-state index in [1.807, 2.05) is 158 Å². The quantitative estimate of drug-likeness (QED) is 0.112. The summed E-state index contributed by atoms with van der Waals surface area (Å²) in [4.78, 5) is 19.8. The molecule has 0 saturated heterocycles. The van der Waals surface area contributed by atoms with Gasteiger partial charge in [0, 0.05) is 16.8 Å². The zero-order chi connectivity index (χ0) is 37.5. The van der Waals surface area contributed by atoms with Gasteiger partial charge in [-0.05, 0) is 85.9 Å². The molecule has 4 heterocycles. The van der Waals surface area contributed by atoms with Crippen molar-refractivity contribution in [3.05, 3.63) is 193 Å². The summed E-state index contributed by atoms with van der Waals surface area (Å²) in [6, 6.07) is 59.7. The molecule has 0 aliphatic rings. The second-order valence-electron chi connectivity index (χ2n) is 12.9. The molecule has 0 bridgehead atoms. The number of aromatic nitrogens is 4. The van der Waals surface area contributed by atoms with E-state index in [1.165, 1.54) is 0 Å². The molecule has 56 heavy (non-hydrogen) atoms. The third-order valence-corrected chi connectivity index (χ3v) is 8.67. The second-order valence-corrected chi connectivity index (χ2v) is 12.9. The maximum absolute atomic E-state index is 6.31. The third-order valence-electron chi connectivity index (χ3n) is 8.67. The number of pyridine rings is 4. The van der Waals surface area contributed by atoms with Crippen molar-refractivity contribution in [1.82, 2.24) is 19.9 Å². The summed E-state index contributed by atoms with van der Waals surface area (Å²) in [5.74, 6) is 3.89. The molecule has 8 aromatic rings. The van der Waals surface area contributed by atoms with E-state index in [4.69, 9.17) is 38.9 Å². The van der Waals surface area contributed by atoms with Gasteiger partial charge in [-0.1, -0.05) is 120 Å². The van der Waals surface area contributed by atoms with E-state index in [1.54, 1.807) is 12.1 Å². The number of rotatable bonds is 12. The second kappa shape index (κ2) is 17.2. The van der Waals surface area contributed by atoms with Gasteiger partial charge in [-0.2, -0.15) is 0 Å². The van der Waals surface area contributed by atoms with Gasteiger partial charge in [0.15, 0.2) is 0 Å². The van der Waals surface area contributed by atoms with Gasteiger partial charge in [-0.15, -0.1) is 12.1 Å². The van der Waals surface area contributed by atoms with Crippen LogP contribution in [0.15, 0.2) is 170 Å². The monoisotopic (exact) mass is 913 g/mol. The minimum absolute atomic E-state index is 0. The molecule has 0 atom stereocenters. The van der Waals surface area contributed by atoms with Crippen LogP contribution in [-0.2, 0) is 26.5 Å². The fourth-order valence-electron chi connectivity index (χ4n) is 5.78. The van der Waals surface area contributed by atoms with Gasteiger partial charge >= 0.3 is 21.1 Å². The Kier molecular flexibility index (Phi) is 11.6. The molecule has 0 fully saturated rings. The van der Waals surface area contributed by atoms with Crippen molar-refractivity contribution in [1.29, 1.82) is 0 Å². The van der Waals surface area contributed by atoms with Gasteiger partial charge in [-0.25, -0.2) is 0 Å². The van der Waals surface area contributed by atoms with Crippen LogP contribution in [0.1, 0.15) is 25.2 Å². The van der Waals surface area contributed by atoms with Crippen LogP contribution in [0.3, 0.4) is 0 Å². The molecule has 4 aromatic carbocycles. The van der Waals surface area contributed by atoms with Gasteiger partial charge < -0.3 is 28.9 Å². The van der Waals surface area contributed by atoms with E-state index in [2.05, 4.69) is 26.0 Å². The topological polar surface area (TPSA) is 88.5 Å². The van der Waals surface area contributed by atoms with E-state index in [0.29, 0.717) is 69.0 Å². The zero-order valence-corrected chi connectivity index (χ0v) is 32.7. The molecule has 0 aliphatic heterocycles. The number of ether oxygens (including phenoxy) is 4. The van der Waals surface area contributed by atoms with E-state index in [-0.39, 0.29) is 21.1 Å². The standard InChI is InChI=1S/C47H34N4O4.Pt/c1-47(2,41-27-15-25-39(48-41)37-29-31-43(52-33-17-7-3-8-18-33)50-45(37)54-35-21-11-5-12-22-35)42-28-16-26-40(49-42)38-30-32-44(53-34-19-9-4-10-20-34)51-46(38)55-36-23-13-6-14-24-36;/h3-28,31-32H,1-2H3;/q-2;+2. The van der Waals surface area contributed by atoms with Crippen LogP contribution in [0.4, 0.5) is 0 Å². The summed E-state index contributed by atoms with van der Waals surface area (Å²) in [6.45, 7) is 4.18. The fraction of sp³-hybridized carbons (Fsp3) is 0.0638. The van der Waals surface area contributed by atoms with Crippen LogP contribution in [0.5, 0.6) is 46.5 Å². The fourth-order valence-corrected chi connectivity index (χ4v) is 5.78. The van der Waals surface area contributed by atoms with Crippen LogP contribution < -0.4 is 18.9 Å². The first-order valence-corrected chi connectivity index (χ1v) is 17.7. The summed E-state index contributed by atoms with van der Waals surface area (Å²) in [5, 5.41) is 0. The molecular weight excluding hydrogens is 880 g/mol. The summed E-state index contributed by atoms with van der Waals surface area (Å²) >= 11 is 0. The predicted molar refractivity (Wildman–Crippen MR) is 211 cm³/mol. The average Bonchev–Trinajstić information content (AvgIpc) is 3.23. The van der Waals surface area contributed by atoms with Crippen molar-refractivity contribution in [2.45, 2.75) is 19.3 Å². The van der Waals surface area contributed by atoms with Crippen molar-refractivity contribution in [2.24, 2.45) is 0 Å². The predicted octanol–water partition coefficient (Wildman–Crippen LogP) is 11.7. The Morgan fingerprint density at radius 2 is 0.732 bits per heavy atom. The Balaban J connectivity index is 0.00000480. The van der Waals surface area contributed by atoms with Gasteiger partial charge in [0.25, 0.3) is 0 Å². The average molecular weight is 914 g/mol. The molecular formula is C47H34N4O4Pt. The van der Waals surface area contributed by atoms with Crippen LogP contribution in [0.25, 0.3) is 22.5 Å². The van der Waals surface area contributed by atoms with Crippen LogP contribution in [-0.4, -0.2) is 19.9 Å². The number of benzene rings is 4. The van der Waals surface area contributed by atoms with E-state index in [9.17, 15) is 0 Å². The Labute approximate surface area is 340 Å². The maximum atomic E-state index is 6.31. The number of hydrogen-bond donors (Lipinski definition) is 0. The van der Waals surface area contributed by atoms with Crippen LogP contribution in [0, 0.1) is 12.1 Å². The van der Waals surface area contributed by atoms with Gasteiger partial charge in [0.1, 0.15) is 46.5 Å². The molecule has 8 rings (SSSR count). The zero-order valence-electron chi connectivity index (χ0n) is 30.4. The molecule has 0 unspecified atom stereocenters. The minimum Gasteiger partial charge on any atom is -0.484 e. The van der Waals surface area contributed by atoms with Gasteiger partial charge in [0.2, 0.25) is 0 Å². The normalized spacial score (nSPS) is 10.9. The van der Waals surface area contributed by atoms with E-state index in [0.717, 1.165) is 11.4 Å². The molecule has 0 radical (unpaired) electrons. The first kappa shape index (κ1) is 37.7. The molecule has 0 saturated carbocycles. The molecule has 0 spiro atoms. The number of hydrogen-bond acceptors (Lipinski definition) is 8. The molecule has 276 valence electrons. The summed E-state index contributed by atoms with van der Waals surface area (Å²) < 4.78 is 24.7. The van der Waals surface area contributed by atoms with Crippen molar-refractivity contribution in [3.63, 3.8) is 0 Å². The summed E-state index contributed by atoms with van der Waals surface area (Å²) in [6.07, 6.45) is 0. The first-order valence-electron chi connectivity index (χ1n) is 17.7. The van der Waals surface area contributed by atoms with E-state index < -0.39 is 5.41 Å². The van der Waals surface area contributed by atoms with Crippen LogP contribution in [0.2, 0.25) is 0 Å². The number of nitrogens with zero attached hydrogens (tertiary/aromatic N) is 4. The van der Waals surface area contributed by atoms with Crippen LogP contribution >= 0.6 is 0 Å². The first-order chi connectivity index (χ1) is 27.0. The summed E-state index contributed by atoms with van der Waals surface area (Å²) in [5.41, 5.74) is 3.38. The molecule has 0 amide bonds. The van der Waals surface area contributed by atoms with Crippen molar-refractivity contribution in [3.8, 4) is 69.0 Å². The Bertz CT molecular complexity index is 2350. The largest absolute Gasteiger partial charge is 2.00 e. The maximum Gasteiger partial charge on any atom is 2.00 e. The van der Waals surface area contributed by atoms with Gasteiger partial charge in [0.05, 0.1) is 0 Å². The Morgan fingerprint density at radius 1 is 0.393 bits per heavy atom. The van der Waals surface area contributed by atoms with Crippen molar-refractivity contribution < 1.29 is 40.0 Å². The van der Waals surface area contributed by atoms with Crippen molar-refractivity contribution in [2.75, 3.05) is 0 Å².